The molecule has 0 unspecified atom stereocenters. The molecule has 0 spiro atoms. The summed E-state index contributed by atoms with van der Waals surface area (Å²) < 4.78 is 0.808. The molecule has 1 aromatic rings. The Morgan fingerprint density at radius 3 is 2.58 bits per heavy atom. The first-order valence-electron chi connectivity index (χ1n) is 3.38. The van der Waals surface area contributed by atoms with Crippen LogP contribution in [0.15, 0.2) is 16.6 Å². The zero-order valence-corrected chi connectivity index (χ0v) is 8.18. The lowest BCUT2D eigenvalue weighted by atomic mass is 10.1. The predicted octanol–water partition coefficient (Wildman–Crippen LogP) is 1.44. The van der Waals surface area contributed by atoms with Gasteiger partial charge in [0.1, 0.15) is 0 Å². The second-order valence-electron chi connectivity index (χ2n) is 2.55. The van der Waals surface area contributed by atoms with Gasteiger partial charge in [0.05, 0.1) is 5.56 Å². The van der Waals surface area contributed by atoms with Gasteiger partial charge in [0.25, 0.3) is 5.91 Å². The lowest BCUT2D eigenvalue weighted by Crippen LogP contribution is -2.14. The van der Waals surface area contributed by atoms with Gasteiger partial charge in [0, 0.05) is 10.2 Å². The summed E-state index contributed by atoms with van der Waals surface area (Å²) in [5, 5.41) is 0. The minimum atomic E-state index is -0.503. The average molecular weight is 229 g/mol. The lowest BCUT2D eigenvalue weighted by Gasteiger charge is -2.05. The highest BCUT2D eigenvalue weighted by Crippen LogP contribution is 2.22. The number of carbonyl (C=O) groups is 1. The van der Waals surface area contributed by atoms with Crippen molar-refractivity contribution in [3.05, 3.63) is 27.7 Å². The molecule has 4 heteroatoms. The summed E-state index contributed by atoms with van der Waals surface area (Å²) in [4.78, 5) is 10.8. The molecule has 0 fully saturated rings. The van der Waals surface area contributed by atoms with E-state index in [1.54, 1.807) is 6.07 Å². The van der Waals surface area contributed by atoms with Crippen LogP contribution in [0.3, 0.4) is 0 Å². The zero-order chi connectivity index (χ0) is 9.30. The summed E-state index contributed by atoms with van der Waals surface area (Å²) >= 11 is 3.25. The second-order valence-corrected chi connectivity index (χ2v) is 3.46. The Bertz CT molecular complexity index is 336. The third-order valence-electron chi connectivity index (χ3n) is 1.62. The minimum absolute atomic E-state index is 0.363. The molecule has 0 heterocycles. The Hall–Kier alpha value is -1.03. The molecular formula is C8H9BrN2O. The normalized spacial score (nSPS) is 9.83. The number of carbonyl (C=O) groups excluding carboxylic acids is 1. The molecule has 4 N–H and O–H groups in total. The SMILES string of the molecule is Cc1cc(Br)cc(C(N)=O)c1N. The fourth-order valence-corrected chi connectivity index (χ4v) is 1.53. The van der Waals surface area contributed by atoms with E-state index in [1.807, 2.05) is 13.0 Å². The molecule has 1 amide bonds. The second kappa shape index (κ2) is 3.15. The summed E-state index contributed by atoms with van der Waals surface area (Å²) in [6, 6.07) is 3.45. The number of rotatable bonds is 1. The molecule has 3 nitrogen and oxygen atoms in total. The highest BCUT2D eigenvalue weighted by molar-refractivity contribution is 9.10. The number of primary amides is 1. The molecule has 1 rings (SSSR count). The van der Waals surface area contributed by atoms with Crippen molar-refractivity contribution in [3.8, 4) is 0 Å². The van der Waals surface area contributed by atoms with Crippen molar-refractivity contribution in [1.29, 1.82) is 0 Å². The smallest absolute Gasteiger partial charge is 0.250 e. The summed E-state index contributed by atoms with van der Waals surface area (Å²) in [5.74, 6) is -0.503. The van der Waals surface area contributed by atoms with E-state index >= 15 is 0 Å². The number of nitrogen functional groups attached to an aromatic ring is 1. The Morgan fingerprint density at radius 1 is 1.50 bits per heavy atom. The third kappa shape index (κ3) is 1.58. The largest absolute Gasteiger partial charge is 0.398 e. The van der Waals surface area contributed by atoms with Crippen LogP contribution in [0.1, 0.15) is 15.9 Å². The number of aryl methyl sites for hydroxylation is 1. The molecule has 0 saturated carbocycles. The van der Waals surface area contributed by atoms with E-state index in [9.17, 15) is 4.79 Å². The molecule has 1 aromatic carbocycles. The molecule has 0 aliphatic rings. The van der Waals surface area contributed by atoms with Gasteiger partial charge in [0.2, 0.25) is 0 Å². The third-order valence-corrected chi connectivity index (χ3v) is 2.07. The molecule has 0 aliphatic carbocycles. The van der Waals surface area contributed by atoms with Crippen molar-refractivity contribution in [3.63, 3.8) is 0 Å². The van der Waals surface area contributed by atoms with Crippen molar-refractivity contribution in [1.82, 2.24) is 0 Å². The van der Waals surface area contributed by atoms with Crippen LogP contribution >= 0.6 is 15.9 Å². The molecular weight excluding hydrogens is 220 g/mol. The van der Waals surface area contributed by atoms with E-state index in [0.29, 0.717) is 11.3 Å². The van der Waals surface area contributed by atoms with Crippen LogP contribution in [0, 0.1) is 6.92 Å². The maximum atomic E-state index is 10.8. The topological polar surface area (TPSA) is 69.1 Å². The van der Waals surface area contributed by atoms with Crippen LogP contribution in [-0.2, 0) is 0 Å². The van der Waals surface area contributed by atoms with Gasteiger partial charge in [-0.15, -0.1) is 0 Å². The quantitative estimate of drug-likeness (QED) is 0.715. The Balaban J connectivity index is 3.37. The van der Waals surface area contributed by atoms with Gasteiger partial charge in [-0.1, -0.05) is 15.9 Å². The van der Waals surface area contributed by atoms with Crippen molar-refractivity contribution >= 4 is 27.5 Å². The minimum Gasteiger partial charge on any atom is -0.398 e. The number of halogens is 1. The number of hydrogen-bond acceptors (Lipinski definition) is 2. The molecule has 0 radical (unpaired) electrons. The number of anilines is 1. The fraction of sp³-hybridized carbons (Fsp3) is 0.125. The van der Waals surface area contributed by atoms with Crippen LogP contribution in [-0.4, -0.2) is 5.91 Å². The fourth-order valence-electron chi connectivity index (χ4n) is 0.958. The van der Waals surface area contributed by atoms with Crippen LogP contribution in [0.4, 0.5) is 5.69 Å². The Labute approximate surface area is 78.9 Å². The monoisotopic (exact) mass is 228 g/mol. The predicted molar refractivity (Wildman–Crippen MR) is 51.8 cm³/mol. The standard InChI is InChI=1S/C8H9BrN2O/c1-4-2-5(9)3-6(7(4)10)8(11)12/h2-3H,10H2,1H3,(H2,11,12). The molecule has 0 aromatic heterocycles. The van der Waals surface area contributed by atoms with Gasteiger partial charge >= 0.3 is 0 Å². The summed E-state index contributed by atoms with van der Waals surface area (Å²) in [6.07, 6.45) is 0. The molecule has 0 atom stereocenters. The zero-order valence-electron chi connectivity index (χ0n) is 6.60. The van der Waals surface area contributed by atoms with Gasteiger partial charge in [-0.3, -0.25) is 4.79 Å². The van der Waals surface area contributed by atoms with Crippen LogP contribution < -0.4 is 11.5 Å². The van der Waals surface area contributed by atoms with Crippen molar-refractivity contribution < 1.29 is 4.79 Å². The summed E-state index contributed by atoms with van der Waals surface area (Å²) in [7, 11) is 0. The van der Waals surface area contributed by atoms with E-state index in [0.717, 1.165) is 10.0 Å². The van der Waals surface area contributed by atoms with Crippen LogP contribution in [0.2, 0.25) is 0 Å². The summed E-state index contributed by atoms with van der Waals surface area (Å²) in [6.45, 7) is 1.83. The van der Waals surface area contributed by atoms with Gasteiger partial charge in [-0.2, -0.15) is 0 Å². The summed E-state index contributed by atoms with van der Waals surface area (Å²) in [5.41, 5.74) is 12.4. The van der Waals surface area contributed by atoms with Gasteiger partial charge in [-0.05, 0) is 24.6 Å². The van der Waals surface area contributed by atoms with Gasteiger partial charge in [-0.25, -0.2) is 0 Å². The van der Waals surface area contributed by atoms with Gasteiger partial charge < -0.3 is 11.5 Å². The van der Waals surface area contributed by atoms with E-state index in [2.05, 4.69) is 15.9 Å². The van der Waals surface area contributed by atoms with E-state index < -0.39 is 5.91 Å². The first-order valence-corrected chi connectivity index (χ1v) is 4.17. The van der Waals surface area contributed by atoms with E-state index in [1.165, 1.54) is 0 Å². The molecule has 0 bridgehead atoms. The van der Waals surface area contributed by atoms with Crippen LogP contribution in [0.5, 0.6) is 0 Å². The highest BCUT2D eigenvalue weighted by atomic mass is 79.9. The average Bonchev–Trinajstić information content (AvgIpc) is 1.96. The maximum Gasteiger partial charge on any atom is 0.250 e. The number of nitrogens with two attached hydrogens (primary N) is 2. The first kappa shape index (κ1) is 9.06. The molecule has 64 valence electrons. The Kier molecular flexibility index (Phi) is 2.38. The van der Waals surface area contributed by atoms with Gasteiger partial charge in [0.15, 0.2) is 0 Å². The molecule has 12 heavy (non-hydrogen) atoms. The van der Waals surface area contributed by atoms with Crippen LogP contribution in [0.25, 0.3) is 0 Å². The molecule has 0 aliphatic heterocycles. The number of hydrogen-bond donors (Lipinski definition) is 2. The van der Waals surface area contributed by atoms with E-state index in [4.69, 9.17) is 11.5 Å². The lowest BCUT2D eigenvalue weighted by molar-refractivity contribution is 0.100. The maximum absolute atomic E-state index is 10.8. The highest BCUT2D eigenvalue weighted by Gasteiger charge is 2.08. The molecule has 0 saturated heterocycles. The number of amides is 1. The van der Waals surface area contributed by atoms with E-state index in [-0.39, 0.29) is 0 Å². The van der Waals surface area contributed by atoms with Crippen molar-refractivity contribution in [2.45, 2.75) is 6.92 Å². The van der Waals surface area contributed by atoms with Crippen molar-refractivity contribution in [2.75, 3.05) is 5.73 Å². The number of benzene rings is 1. The Morgan fingerprint density at radius 2 is 2.08 bits per heavy atom. The van der Waals surface area contributed by atoms with Crippen molar-refractivity contribution in [2.24, 2.45) is 5.73 Å². The first-order chi connectivity index (χ1) is 5.52.